The molecule has 1 unspecified atom stereocenters. The van der Waals surface area contributed by atoms with Gasteiger partial charge in [-0.1, -0.05) is 30.3 Å². The summed E-state index contributed by atoms with van der Waals surface area (Å²) in [5.41, 5.74) is 1.39. The summed E-state index contributed by atoms with van der Waals surface area (Å²) in [5, 5.41) is 10.2. The van der Waals surface area contributed by atoms with E-state index in [9.17, 15) is 5.11 Å². The zero-order chi connectivity index (χ0) is 14.9. The average molecular weight is 292 g/mol. The first-order valence-electron chi connectivity index (χ1n) is 7.94. The summed E-state index contributed by atoms with van der Waals surface area (Å²) < 4.78 is 5.32. The quantitative estimate of drug-likeness (QED) is 0.782. The number of aryl methyl sites for hydroxylation is 1. The molecule has 2 rings (SSSR count). The van der Waals surface area contributed by atoms with Crippen molar-refractivity contribution in [1.82, 2.24) is 9.80 Å². The highest BCUT2D eigenvalue weighted by molar-refractivity contribution is 5.14. The van der Waals surface area contributed by atoms with E-state index in [1.54, 1.807) is 0 Å². The maximum Gasteiger partial charge on any atom is 0.0793 e. The Morgan fingerprint density at radius 2 is 1.95 bits per heavy atom. The molecule has 1 aliphatic rings. The third-order valence-electron chi connectivity index (χ3n) is 3.94. The van der Waals surface area contributed by atoms with Gasteiger partial charge in [-0.3, -0.25) is 4.90 Å². The van der Waals surface area contributed by atoms with Crippen molar-refractivity contribution in [3.63, 3.8) is 0 Å². The predicted octanol–water partition coefficient (Wildman–Crippen LogP) is 1.24. The van der Waals surface area contributed by atoms with E-state index in [1.165, 1.54) is 5.56 Å². The van der Waals surface area contributed by atoms with Crippen molar-refractivity contribution in [2.75, 3.05) is 53.0 Å². The Bertz CT molecular complexity index is 380. The van der Waals surface area contributed by atoms with Crippen LogP contribution in [0.1, 0.15) is 12.0 Å². The lowest BCUT2D eigenvalue weighted by molar-refractivity contribution is 0.00867. The fourth-order valence-electron chi connectivity index (χ4n) is 2.79. The van der Waals surface area contributed by atoms with Gasteiger partial charge in [0, 0.05) is 26.2 Å². The standard InChI is InChI=1S/C17H28N2O2/c1-18(9-5-8-16-6-3-2-4-7-16)14-17(20)15-19-10-12-21-13-11-19/h2-4,6-7,17,20H,5,8-15H2,1H3. The Hall–Kier alpha value is -0.940. The second kappa shape index (κ2) is 9.15. The van der Waals surface area contributed by atoms with Crippen molar-refractivity contribution >= 4 is 0 Å². The molecule has 0 amide bonds. The lowest BCUT2D eigenvalue weighted by Crippen LogP contribution is -2.44. The molecule has 0 bridgehead atoms. The van der Waals surface area contributed by atoms with E-state index in [-0.39, 0.29) is 6.10 Å². The molecule has 118 valence electrons. The minimum atomic E-state index is -0.273. The van der Waals surface area contributed by atoms with Crippen molar-refractivity contribution in [2.45, 2.75) is 18.9 Å². The molecular formula is C17H28N2O2. The van der Waals surface area contributed by atoms with Crippen LogP contribution in [-0.2, 0) is 11.2 Å². The number of rotatable bonds is 8. The second-order valence-corrected chi connectivity index (χ2v) is 5.92. The van der Waals surface area contributed by atoms with Crippen LogP contribution in [0, 0.1) is 0 Å². The van der Waals surface area contributed by atoms with Crippen LogP contribution in [0.5, 0.6) is 0 Å². The minimum Gasteiger partial charge on any atom is -0.390 e. The van der Waals surface area contributed by atoms with Crippen molar-refractivity contribution in [2.24, 2.45) is 0 Å². The van der Waals surface area contributed by atoms with Gasteiger partial charge in [0.1, 0.15) is 0 Å². The number of β-amino-alcohol motifs (C(OH)–C–C–N with tert-alkyl or cyclic N) is 1. The van der Waals surface area contributed by atoms with Crippen LogP contribution in [0.2, 0.25) is 0 Å². The number of benzene rings is 1. The molecule has 0 radical (unpaired) electrons. The fraction of sp³-hybridized carbons (Fsp3) is 0.647. The molecule has 1 atom stereocenters. The Labute approximate surface area is 128 Å². The van der Waals surface area contributed by atoms with Crippen LogP contribution in [-0.4, -0.2) is 74.0 Å². The van der Waals surface area contributed by atoms with E-state index in [0.717, 1.165) is 58.8 Å². The number of aliphatic hydroxyl groups excluding tert-OH is 1. The van der Waals surface area contributed by atoms with Crippen LogP contribution in [0.25, 0.3) is 0 Å². The number of hydrogen-bond acceptors (Lipinski definition) is 4. The van der Waals surface area contributed by atoms with Crippen LogP contribution >= 0.6 is 0 Å². The molecular weight excluding hydrogens is 264 g/mol. The zero-order valence-electron chi connectivity index (χ0n) is 13.1. The van der Waals surface area contributed by atoms with Crippen molar-refractivity contribution < 1.29 is 9.84 Å². The van der Waals surface area contributed by atoms with Crippen molar-refractivity contribution in [1.29, 1.82) is 0 Å². The third-order valence-corrected chi connectivity index (χ3v) is 3.94. The molecule has 21 heavy (non-hydrogen) atoms. The monoisotopic (exact) mass is 292 g/mol. The summed E-state index contributed by atoms with van der Waals surface area (Å²) in [7, 11) is 2.09. The van der Waals surface area contributed by atoms with Crippen molar-refractivity contribution in [3.8, 4) is 0 Å². The summed E-state index contributed by atoms with van der Waals surface area (Å²) in [5.74, 6) is 0. The number of likely N-dealkylation sites (N-methyl/N-ethyl adjacent to an activating group) is 1. The van der Waals surface area contributed by atoms with Crippen LogP contribution in [0.15, 0.2) is 30.3 Å². The second-order valence-electron chi connectivity index (χ2n) is 5.92. The lowest BCUT2D eigenvalue weighted by atomic mass is 10.1. The molecule has 1 aliphatic heterocycles. The first-order chi connectivity index (χ1) is 10.2. The van der Waals surface area contributed by atoms with Gasteiger partial charge in [0.2, 0.25) is 0 Å². The van der Waals surface area contributed by atoms with Gasteiger partial charge in [-0.2, -0.15) is 0 Å². The minimum absolute atomic E-state index is 0.273. The first-order valence-corrected chi connectivity index (χ1v) is 7.94. The van der Waals surface area contributed by atoms with Crippen molar-refractivity contribution in [3.05, 3.63) is 35.9 Å². The van der Waals surface area contributed by atoms with E-state index in [0.29, 0.717) is 0 Å². The maximum absolute atomic E-state index is 10.2. The highest BCUT2D eigenvalue weighted by Gasteiger charge is 2.15. The zero-order valence-corrected chi connectivity index (χ0v) is 13.1. The first kappa shape index (κ1) is 16.4. The van der Waals surface area contributed by atoms with Gasteiger partial charge in [-0.15, -0.1) is 0 Å². The molecule has 1 heterocycles. The predicted molar refractivity (Wildman–Crippen MR) is 85.5 cm³/mol. The molecule has 0 spiro atoms. The number of nitrogens with zero attached hydrogens (tertiary/aromatic N) is 2. The topological polar surface area (TPSA) is 35.9 Å². The summed E-state index contributed by atoms with van der Waals surface area (Å²) in [6.45, 7) is 5.98. The van der Waals surface area contributed by atoms with Crippen LogP contribution in [0.3, 0.4) is 0 Å². The molecule has 1 aromatic carbocycles. The van der Waals surface area contributed by atoms with Gasteiger partial charge in [-0.05, 0) is 32.0 Å². The average Bonchev–Trinajstić information content (AvgIpc) is 2.49. The Kier molecular flexibility index (Phi) is 7.16. The van der Waals surface area contributed by atoms with Gasteiger partial charge < -0.3 is 14.7 Å². The van der Waals surface area contributed by atoms with Gasteiger partial charge in [0.25, 0.3) is 0 Å². The third kappa shape index (κ3) is 6.57. The highest BCUT2D eigenvalue weighted by Crippen LogP contribution is 2.04. The maximum atomic E-state index is 10.2. The normalized spacial score (nSPS) is 18.0. The molecule has 0 aromatic heterocycles. The smallest absolute Gasteiger partial charge is 0.0793 e. The fourth-order valence-corrected chi connectivity index (χ4v) is 2.79. The van der Waals surface area contributed by atoms with Gasteiger partial charge in [-0.25, -0.2) is 0 Å². The van der Waals surface area contributed by atoms with E-state index < -0.39 is 0 Å². The SMILES string of the molecule is CN(CCCc1ccccc1)CC(O)CN1CCOCC1. The van der Waals surface area contributed by atoms with E-state index in [1.807, 2.05) is 0 Å². The number of hydrogen-bond donors (Lipinski definition) is 1. The molecule has 1 saturated heterocycles. The van der Waals surface area contributed by atoms with E-state index in [4.69, 9.17) is 4.74 Å². The van der Waals surface area contributed by atoms with Gasteiger partial charge >= 0.3 is 0 Å². The molecule has 1 fully saturated rings. The number of aliphatic hydroxyl groups is 1. The largest absolute Gasteiger partial charge is 0.390 e. The van der Waals surface area contributed by atoms with E-state index in [2.05, 4.69) is 47.2 Å². The molecule has 1 aromatic rings. The Morgan fingerprint density at radius 1 is 1.24 bits per heavy atom. The molecule has 0 saturated carbocycles. The van der Waals surface area contributed by atoms with Gasteiger partial charge in [0.05, 0.1) is 19.3 Å². The molecule has 1 N–H and O–H groups in total. The summed E-state index contributed by atoms with van der Waals surface area (Å²) in [6, 6.07) is 10.6. The number of morpholine rings is 1. The Balaban J connectivity index is 1.58. The molecule has 4 nitrogen and oxygen atoms in total. The highest BCUT2D eigenvalue weighted by atomic mass is 16.5. The molecule has 0 aliphatic carbocycles. The lowest BCUT2D eigenvalue weighted by Gasteiger charge is -2.30. The summed E-state index contributed by atoms with van der Waals surface area (Å²) in [6.07, 6.45) is 1.96. The molecule has 4 heteroatoms. The number of ether oxygens (including phenoxy) is 1. The van der Waals surface area contributed by atoms with Gasteiger partial charge in [0.15, 0.2) is 0 Å². The van der Waals surface area contributed by atoms with E-state index >= 15 is 0 Å². The summed E-state index contributed by atoms with van der Waals surface area (Å²) in [4.78, 5) is 4.51. The summed E-state index contributed by atoms with van der Waals surface area (Å²) >= 11 is 0. The van der Waals surface area contributed by atoms with Crippen LogP contribution < -0.4 is 0 Å². The van der Waals surface area contributed by atoms with Crippen LogP contribution in [0.4, 0.5) is 0 Å². The Morgan fingerprint density at radius 3 is 2.67 bits per heavy atom.